The van der Waals surface area contributed by atoms with Crippen molar-refractivity contribution in [1.82, 2.24) is 0 Å². The molecule has 3 nitrogen and oxygen atoms in total. The van der Waals surface area contributed by atoms with Crippen molar-refractivity contribution in [3.63, 3.8) is 0 Å². The summed E-state index contributed by atoms with van der Waals surface area (Å²) in [7, 11) is 1.24. The molecule has 1 aromatic rings. The average molecular weight is 324 g/mol. The molecule has 1 N–H and O–H groups in total. The zero-order valence-electron chi connectivity index (χ0n) is 11.8. The lowest BCUT2D eigenvalue weighted by molar-refractivity contribution is -0.141. The zero-order valence-corrected chi connectivity index (χ0v) is 12.5. The molecule has 0 heterocycles. The number of esters is 1. The van der Waals surface area contributed by atoms with Crippen LogP contribution in [0, 0.1) is 0 Å². The molecule has 118 valence electrons. The maximum atomic E-state index is 12.8. The highest BCUT2D eigenvalue weighted by Crippen LogP contribution is 2.36. The van der Waals surface area contributed by atoms with Crippen molar-refractivity contribution < 1.29 is 22.7 Å². The van der Waals surface area contributed by atoms with E-state index in [-0.39, 0.29) is 10.7 Å². The predicted octanol–water partition coefficient (Wildman–Crippen LogP) is 4.50. The maximum absolute atomic E-state index is 12.8. The number of methoxy groups -OCH3 is 1. The van der Waals surface area contributed by atoms with Crippen LogP contribution in [0.15, 0.2) is 18.2 Å². The Morgan fingerprint density at radius 2 is 2.10 bits per heavy atom. The van der Waals surface area contributed by atoms with Gasteiger partial charge in [0.25, 0.3) is 0 Å². The van der Waals surface area contributed by atoms with Gasteiger partial charge in [0.2, 0.25) is 0 Å². The predicted molar refractivity (Wildman–Crippen MR) is 75.4 cm³/mol. The van der Waals surface area contributed by atoms with Gasteiger partial charge in [-0.15, -0.1) is 0 Å². The second-order valence-corrected chi connectivity index (χ2v) is 4.96. The molecule has 0 aliphatic rings. The van der Waals surface area contributed by atoms with Gasteiger partial charge in [-0.3, -0.25) is 0 Å². The Bertz CT molecular complexity index is 492. The Labute approximate surface area is 126 Å². The number of hydrogen-bond donors (Lipinski definition) is 1. The topological polar surface area (TPSA) is 38.3 Å². The van der Waals surface area contributed by atoms with Crippen molar-refractivity contribution in [3.8, 4) is 0 Å². The van der Waals surface area contributed by atoms with Gasteiger partial charge in [-0.25, -0.2) is 4.79 Å². The number of benzene rings is 1. The Kier molecular flexibility index (Phi) is 6.33. The Morgan fingerprint density at radius 1 is 1.43 bits per heavy atom. The lowest BCUT2D eigenvalue weighted by atomic mass is 10.1. The van der Waals surface area contributed by atoms with E-state index in [0.717, 1.165) is 25.0 Å². The Hall–Kier alpha value is -1.43. The SMILES string of the molecule is CCCCC(Nc1ccc(Cl)c(C(F)(F)F)c1)C(=O)OC. The number of rotatable bonds is 6. The monoisotopic (exact) mass is 323 g/mol. The van der Waals surface area contributed by atoms with Crippen molar-refractivity contribution in [2.75, 3.05) is 12.4 Å². The molecule has 21 heavy (non-hydrogen) atoms. The van der Waals surface area contributed by atoms with E-state index in [1.807, 2.05) is 6.92 Å². The van der Waals surface area contributed by atoms with Crippen molar-refractivity contribution in [1.29, 1.82) is 0 Å². The summed E-state index contributed by atoms with van der Waals surface area (Å²) >= 11 is 5.55. The number of carbonyl (C=O) groups excluding carboxylic acids is 1. The van der Waals surface area contributed by atoms with Crippen LogP contribution in [0.1, 0.15) is 31.7 Å². The lowest BCUT2D eigenvalue weighted by Gasteiger charge is -2.18. The summed E-state index contributed by atoms with van der Waals surface area (Å²) in [6.45, 7) is 1.96. The zero-order chi connectivity index (χ0) is 16.0. The van der Waals surface area contributed by atoms with E-state index in [1.165, 1.54) is 13.2 Å². The van der Waals surface area contributed by atoms with Crippen LogP contribution in [0.3, 0.4) is 0 Å². The molecule has 0 saturated carbocycles. The fraction of sp³-hybridized carbons (Fsp3) is 0.500. The molecule has 1 atom stereocenters. The van der Waals surface area contributed by atoms with Gasteiger partial charge in [-0.05, 0) is 24.6 Å². The standard InChI is InChI=1S/C14H17ClF3NO2/c1-3-4-5-12(13(20)21-2)19-9-6-7-11(15)10(8-9)14(16,17)18/h6-8,12,19H,3-5H2,1-2H3. The molecule has 1 rings (SSSR count). The summed E-state index contributed by atoms with van der Waals surface area (Å²) in [6, 6.07) is 2.77. The normalized spacial score (nSPS) is 12.9. The van der Waals surface area contributed by atoms with E-state index in [1.54, 1.807) is 0 Å². The summed E-state index contributed by atoms with van der Waals surface area (Å²) in [5.41, 5.74) is -0.758. The van der Waals surface area contributed by atoms with Crippen LogP contribution in [0.5, 0.6) is 0 Å². The number of hydrogen-bond acceptors (Lipinski definition) is 3. The average Bonchev–Trinajstić information content (AvgIpc) is 2.43. The van der Waals surface area contributed by atoms with Gasteiger partial charge in [0.15, 0.2) is 0 Å². The summed E-state index contributed by atoms with van der Waals surface area (Å²) in [4.78, 5) is 11.6. The number of carbonyl (C=O) groups is 1. The van der Waals surface area contributed by atoms with Crippen LogP contribution in [0.25, 0.3) is 0 Å². The van der Waals surface area contributed by atoms with E-state index >= 15 is 0 Å². The Morgan fingerprint density at radius 3 is 2.62 bits per heavy atom. The molecule has 0 aromatic heterocycles. The smallest absolute Gasteiger partial charge is 0.417 e. The second-order valence-electron chi connectivity index (χ2n) is 4.55. The third kappa shape index (κ3) is 5.12. The molecule has 1 unspecified atom stereocenters. The van der Waals surface area contributed by atoms with Gasteiger partial charge >= 0.3 is 12.1 Å². The molecule has 0 radical (unpaired) electrons. The number of anilines is 1. The third-order valence-corrected chi connectivity index (χ3v) is 3.27. The minimum Gasteiger partial charge on any atom is -0.467 e. The molecule has 1 aromatic carbocycles. The van der Waals surface area contributed by atoms with Gasteiger partial charge in [-0.1, -0.05) is 31.4 Å². The third-order valence-electron chi connectivity index (χ3n) is 2.94. The summed E-state index contributed by atoms with van der Waals surface area (Å²) in [5, 5.41) is 2.39. The maximum Gasteiger partial charge on any atom is 0.417 e. The Balaban J connectivity index is 2.96. The van der Waals surface area contributed by atoms with Crippen molar-refractivity contribution in [2.45, 2.75) is 38.4 Å². The van der Waals surface area contributed by atoms with Crippen LogP contribution < -0.4 is 5.32 Å². The number of unbranched alkanes of at least 4 members (excludes halogenated alkanes) is 1. The first-order valence-electron chi connectivity index (χ1n) is 6.50. The molecule has 0 spiro atoms. The largest absolute Gasteiger partial charge is 0.467 e. The molecule has 0 bridgehead atoms. The van der Waals surface area contributed by atoms with E-state index in [2.05, 4.69) is 10.1 Å². The van der Waals surface area contributed by atoms with Crippen LogP contribution in [-0.4, -0.2) is 19.1 Å². The van der Waals surface area contributed by atoms with Gasteiger partial charge in [-0.2, -0.15) is 13.2 Å². The summed E-state index contributed by atoms with van der Waals surface area (Å²) in [6.07, 6.45) is -2.44. The van der Waals surface area contributed by atoms with Gasteiger partial charge in [0.1, 0.15) is 6.04 Å². The first kappa shape index (κ1) is 17.6. The van der Waals surface area contributed by atoms with Crippen LogP contribution >= 0.6 is 11.6 Å². The van der Waals surface area contributed by atoms with E-state index in [0.29, 0.717) is 6.42 Å². The summed E-state index contributed by atoms with van der Waals surface area (Å²) < 4.78 is 43.0. The van der Waals surface area contributed by atoms with Crippen LogP contribution in [0.2, 0.25) is 5.02 Å². The fourth-order valence-corrected chi connectivity index (χ4v) is 2.06. The van der Waals surface area contributed by atoms with Crippen LogP contribution in [0.4, 0.5) is 18.9 Å². The van der Waals surface area contributed by atoms with Crippen LogP contribution in [-0.2, 0) is 15.7 Å². The highest BCUT2D eigenvalue weighted by molar-refractivity contribution is 6.31. The highest BCUT2D eigenvalue weighted by Gasteiger charge is 2.33. The molecule has 0 aliphatic heterocycles. The first-order valence-corrected chi connectivity index (χ1v) is 6.88. The van der Waals surface area contributed by atoms with Crippen molar-refractivity contribution >= 4 is 23.3 Å². The van der Waals surface area contributed by atoms with E-state index < -0.39 is 23.8 Å². The van der Waals surface area contributed by atoms with E-state index in [4.69, 9.17) is 11.6 Å². The van der Waals surface area contributed by atoms with E-state index in [9.17, 15) is 18.0 Å². The molecular formula is C14H17ClF3NO2. The fourth-order valence-electron chi connectivity index (χ4n) is 1.83. The quantitative estimate of drug-likeness (QED) is 0.783. The first-order chi connectivity index (χ1) is 9.79. The van der Waals surface area contributed by atoms with Gasteiger partial charge in [0, 0.05) is 5.69 Å². The lowest BCUT2D eigenvalue weighted by Crippen LogP contribution is -2.30. The molecule has 0 saturated heterocycles. The minimum atomic E-state index is -4.54. The molecule has 0 amide bonds. The van der Waals surface area contributed by atoms with Gasteiger partial charge in [0.05, 0.1) is 17.7 Å². The molecular weight excluding hydrogens is 307 g/mol. The second kappa shape index (κ2) is 7.54. The number of halogens is 4. The van der Waals surface area contributed by atoms with Crippen molar-refractivity contribution in [2.24, 2.45) is 0 Å². The minimum absolute atomic E-state index is 0.179. The number of nitrogens with one attached hydrogen (secondary N) is 1. The summed E-state index contributed by atoms with van der Waals surface area (Å²) in [5.74, 6) is -0.507. The highest BCUT2D eigenvalue weighted by atomic mass is 35.5. The van der Waals surface area contributed by atoms with Crippen molar-refractivity contribution in [3.05, 3.63) is 28.8 Å². The molecule has 0 fully saturated rings. The number of alkyl halides is 3. The molecule has 7 heteroatoms. The van der Waals surface area contributed by atoms with Gasteiger partial charge < -0.3 is 10.1 Å². The molecule has 0 aliphatic carbocycles. The number of ether oxygens (including phenoxy) is 1.